The normalized spacial score (nSPS) is 10.7. The highest BCUT2D eigenvalue weighted by atomic mass is 32.2. The van der Waals surface area contributed by atoms with E-state index in [4.69, 9.17) is 0 Å². The summed E-state index contributed by atoms with van der Waals surface area (Å²) in [6.07, 6.45) is 2.08. The van der Waals surface area contributed by atoms with Gasteiger partial charge in [0.05, 0.1) is 5.75 Å². The van der Waals surface area contributed by atoms with E-state index < -0.39 is 0 Å². The predicted octanol–water partition coefficient (Wildman–Crippen LogP) is 3.39. The zero-order valence-corrected chi connectivity index (χ0v) is 13.7. The second-order valence-corrected chi connectivity index (χ2v) is 6.23. The van der Waals surface area contributed by atoms with Crippen LogP contribution in [0.5, 0.6) is 0 Å². The van der Waals surface area contributed by atoms with Crippen molar-refractivity contribution in [1.29, 1.82) is 0 Å². The van der Waals surface area contributed by atoms with Gasteiger partial charge in [-0.3, -0.25) is 4.79 Å². The van der Waals surface area contributed by atoms with Crippen molar-refractivity contribution >= 4 is 17.5 Å². The van der Waals surface area contributed by atoms with Crippen LogP contribution in [0.1, 0.15) is 5.56 Å². The third kappa shape index (κ3) is 4.07. The summed E-state index contributed by atoms with van der Waals surface area (Å²) in [5, 5.41) is 8.53. The number of nitrogens with zero attached hydrogens (tertiary/aromatic N) is 3. The van der Waals surface area contributed by atoms with E-state index in [9.17, 15) is 4.79 Å². The van der Waals surface area contributed by atoms with Gasteiger partial charge in [0.15, 0.2) is 5.16 Å². The molecule has 5 heteroatoms. The van der Waals surface area contributed by atoms with Crippen molar-refractivity contribution in [3.63, 3.8) is 0 Å². The maximum atomic E-state index is 12.1. The third-order valence-corrected chi connectivity index (χ3v) is 4.59. The van der Waals surface area contributed by atoms with Crippen LogP contribution in [0.4, 0.5) is 0 Å². The van der Waals surface area contributed by atoms with Crippen LogP contribution in [0.2, 0.25) is 0 Å². The van der Waals surface area contributed by atoms with Crippen molar-refractivity contribution in [2.45, 2.75) is 11.6 Å². The fourth-order valence-electron chi connectivity index (χ4n) is 2.27. The fraction of sp³-hybridized carbons (Fsp3) is 0.167. The smallest absolute Gasteiger partial charge is 0.191 e. The van der Waals surface area contributed by atoms with Gasteiger partial charge in [0, 0.05) is 13.5 Å². The first kappa shape index (κ1) is 15.5. The van der Waals surface area contributed by atoms with Gasteiger partial charge in [0.2, 0.25) is 0 Å². The van der Waals surface area contributed by atoms with Crippen LogP contribution in [-0.4, -0.2) is 26.3 Å². The van der Waals surface area contributed by atoms with Gasteiger partial charge < -0.3 is 4.57 Å². The number of hydrogen-bond acceptors (Lipinski definition) is 4. The molecule has 0 saturated heterocycles. The zero-order valence-electron chi connectivity index (χ0n) is 12.8. The molecule has 4 nitrogen and oxygen atoms in total. The minimum Gasteiger partial charge on any atom is -0.312 e. The Balaban J connectivity index is 1.58. The molecule has 116 valence electrons. The van der Waals surface area contributed by atoms with E-state index in [0.717, 1.165) is 16.3 Å². The van der Waals surface area contributed by atoms with Gasteiger partial charge >= 0.3 is 0 Å². The second kappa shape index (κ2) is 7.24. The highest BCUT2D eigenvalue weighted by Crippen LogP contribution is 2.20. The molecule has 0 bridgehead atoms. The summed E-state index contributed by atoms with van der Waals surface area (Å²) in [4.78, 5) is 12.1. The van der Waals surface area contributed by atoms with E-state index in [2.05, 4.69) is 34.5 Å². The molecule has 0 aliphatic rings. The molecule has 0 amide bonds. The van der Waals surface area contributed by atoms with Gasteiger partial charge in [-0.2, -0.15) is 0 Å². The minimum atomic E-state index is 0.186. The molecule has 23 heavy (non-hydrogen) atoms. The molecule has 1 aromatic heterocycles. The SMILES string of the molecule is Cn1cnnc1SCC(=O)Cc1ccc(-c2ccccc2)cc1. The predicted molar refractivity (Wildman–Crippen MR) is 92.3 cm³/mol. The minimum absolute atomic E-state index is 0.186. The Bertz CT molecular complexity index is 782. The Labute approximate surface area is 139 Å². The number of aryl methyl sites for hydroxylation is 1. The molecule has 0 unspecified atom stereocenters. The molecular formula is C18H17N3OS. The lowest BCUT2D eigenvalue weighted by Crippen LogP contribution is -2.06. The first-order valence-corrected chi connectivity index (χ1v) is 8.34. The number of carbonyl (C=O) groups excluding carboxylic acids is 1. The maximum absolute atomic E-state index is 12.1. The van der Waals surface area contributed by atoms with Crippen LogP contribution in [0.3, 0.4) is 0 Å². The molecule has 2 aromatic carbocycles. The summed E-state index contributed by atoms with van der Waals surface area (Å²) in [5.74, 6) is 0.595. The van der Waals surface area contributed by atoms with Crippen LogP contribution in [-0.2, 0) is 18.3 Å². The fourth-order valence-corrected chi connectivity index (χ4v) is 3.02. The van der Waals surface area contributed by atoms with Crippen LogP contribution in [0.15, 0.2) is 66.1 Å². The average Bonchev–Trinajstić information content (AvgIpc) is 3.00. The van der Waals surface area contributed by atoms with Gasteiger partial charge in [-0.25, -0.2) is 0 Å². The Morgan fingerprint density at radius 2 is 1.74 bits per heavy atom. The van der Waals surface area contributed by atoms with Crippen molar-refractivity contribution < 1.29 is 4.79 Å². The molecule has 0 radical (unpaired) electrons. The monoisotopic (exact) mass is 323 g/mol. The number of aromatic nitrogens is 3. The molecule has 0 aliphatic heterocycles. The second-order valence-electron chi connectivity index (χ2n) is 5.29. The molecule has 3 aromatic rings. The van der Waals surface area contributed by atoms with Gasteiger partial charge in [-0.15, -0.1) is 10.2 Å². The van der Waals surface area contributed by atoms with Crippen LogP contribution in [0.25, 0.3) is 11.1 Å². The lowest BCUT2D eigenvalue weighted by molar-refractivity contribution is -0.116. The first-order valence-electron chi connectivity index (χ1n) is 7.35. The summed E-state index contributed by atoms with van der Waals surface area (Å²) < 4.78 is 1.81. The first-order chi connectivity index (χ1) is 11.2. The van der Waals surface area contributed by atoms with Crippen molar-refractivity contribution in [2.75, 3.05) is 5.75 Å². The van der Waals surface area contributed by atoms with Gasteiger partial charge in [-0.1, -0.05) is 66.4 Å². The summed E-state index contributed by atoms with van der Waals surface area (Å²) in [6.45, 7) is 0. The van der Waals surface area contributed by atoms with Gasteiger partial charge in [0.1, 0.15) is 12.1 Å². The van der Waals surface area contributed by atoms with E-state index in [0.29, 0.717) is 12.2 Å². The molecular weight excluding hydrogens is 306 g/mol. The molecule has 0 atom stereocenters. The van der Waals surface area contributed by atoms with Crippen molar-refractivity contribution in [2.24, 2.45) is 7.05 Å². The highest BCUT2D eigenvalue weighted by Gasteiger charge is 2.08. The Hall–Kier alpha value is -2.40. The third-order valence-electron chi connectivity index (χ3n) is 3.49. The number of hydrogen-bond donors (Lipinski definition) is 0. The van der Waals surface area contributed by atoms with Gasteiger partial charge in [-0.05, 0) is 16.7 Å². The van der Waals surface area contributed by atoms with Crippen molar-refractivity contribution in [3.05, 3.63) is 66.5 Å². The van der Waals surface area contributed by atoms with E-state index in [1.807, 2.05) is 41.9 Å². The lowest BCUT2D eigenvalue weighted by atomic mass is 10.0. The van der Waals surface area contributed by atoms with Crippen LogP contribution in [0, 0.1) is 0 Å². The van der Waals surface area contributed by atoms with E-state index in [1.165, 1.54) is 17.3 Å². The van der Waals surface area contributed by atoms with E-state index in [1.54, 1.807) is 6.33 Å². The Morgan fingerprint density at radius 1 is 1.04 bits per heavy atom. The van der Waals surface area contributed by atoms with Crippen LogP contribution < -0.4 is 0 Å². The van der Waals surface area contributed by atoms with Gasteiger partial charge in [0.25, 0.3) is 0 Å². The molecule has 0 fully saturated rings. The van der Waals surface area contributed by atoms with E-state index in [-0.39, 0.29) is 5.78 Å². The molecule has 0 saturated carbocycles. The van der Waals surface area contributed by atoms with Crippen molar-refractivity contribution in [3.8, 4) is 11.1 Å². The number of ketones is 1. The average molecular weight is 323 g/mol. The quantitative estimate of drug-likeness (QED) is 0.653. The summed E-state index contributed by atoms with van der Waals surface area (Å²) in [5.41, 5.74) is 3.38. The number of rotatable bonds is 6. The number of Topliss-reactive ketones (excluding diaryl/α,β-unsaturated/α-hetero) is 1. The Morgan fingerprint density at radius 3 is 2.39 bits per heavy atom. The number of carbonyl (C=O) groups is 1. The molecule has 0 spiro atoms. The lowest BCUT2D eigenvalue weighted by Gasteiger charge is -2.04. The Kier molecular flexibility index (Phi) is 4.88. The summed E-state index contributed by atoms with van der Waals surface area (Å²) >= 11 is 1.42. The molecule has 0 aliphatic carbocycles. The van der Waals surface area contributed by atoms with E-state index >= 15 is 0 Å². The topological polar surface area (TPSA) is 47.8 Å². The zero-order chi connectivity index (χ0) is 16.1. The summed E-state index contributed by atoms with van der Waals surface area (Å²) in [7, 11) is 1.87. The summed E-state index contributed by atoms with van der Waals surface area (Å²) in [6, 6.07) is 18.4. The molecule has 0 N–H and O–H groups in total. The number of benzene rings is 2. The standard InChI is InChI=1S/C18H17N3OS/c1-21-13-19-20-18(21)23-12-17(22)11-14-7-9-16(10-8-14)15-5-3-2-4-6-15/h2-10,13H,11-12H2,1H3. The molecule has 1 heterocycles. The van der Waals surface area contributed by atoms with Crippen LogP contribution >= 0.6 is 11.8 Å². The maximum Gasteiger partial charge on any atom is 0.191 e. The highest BCUT2D eigenvalue weighted by molar-refractivity contribution is 7.99. The number of thioether (sulfide) groups is 1. The largest absolute Gasteiger partial charge is 0.312 e. The molecule has 3 rings (SSSR count). The van der Waals surface area contributed by atoms with Crippen molar-refractivity contribution in [1.82, 2.24) is 14.8 Å².